The van der Waals surface area contributed by atoms with Crippen LogP contribution < -0.4 is 4.90 Å². The summed E-state index contributed by atoms with van der Waals surface area (Å²) in [5.41, 5.74) is 1.79. The first-order chi connectivity index (χ1) is 13.4. The van der Waals surface area contributed by atoms with Crippen LogP contribution in [-0.4, -0.2) is 66.8 Å². The van der Waals surface area contributed by atoms with Gasteiger partial charge in [-0.2, -0.15) is 0 Å². The topological polar surface area (TPSA) is 43.9 Å². The van der Waals surface area contributed by atoms with Crippen LogP contribution in [0.25, 0.3) is 0 Å². The van der Waals surface area contributed by atoms with Gasteiger partial charge in [0.2, 0.25) is 5.91 Å². The van der Waals surface area contributed by atoms with Crippen LogP contribution in [0.5, 0.6) is 0 Å². The van der Waals surface area contributed by atoms with Crippen LogP contribution in [0.1, 0.15) is 45.1 Å². The number of amides is 1. The molecule has 0 aliphatic carbocycles. The number of rotatable bonds is 3. The summed E-state index contributed by atoms with van der Waals surface area (Å²) >= 11 is 0. The molecule has 0 radical (unpaired) electrons. The van der Waals surface area contributed by atoms with Crippen molar-refractivity contribution in [1.29, 1.82) is 0 Å². The van der Waals surface area contributed by atoms with Gasteiger partial charge in [0.05, 0.1) is 6.54 Å². The number of anilines is 1. The summed E-state index contributed by atoms with van der Waals surface area (Å²) in [6.45, 7) is 8.43. The lowest BCUT2D eigenvalue weighted by atomic mass is 9.74. The number of hydrogen-bond donors (Lipinski definition) is 0. The molecule has 152 valence electrons. The monoisotopic (exact) mass is 387 g/mol. The molecule has 2 saturated heterocycles. The highest BCUT2D eigenvalue weighted by atomic mass is 19.1. The maximum Gasteiger partial charge on any atom is 0.223 e. The average Bonchev–Trinajstić information content (AvgIpc) is 2.97. The van der Waals surface area contributed by atoms with E-state index in [4.69, 9.17) is 0 Å². The molecule has 0 N–H and O–H groups in total. The number of hydrogen-bond acceptors (Lipinski definition) is 4. The Balaban J connectivity index is 1.42. The minimum Gasteiger partial charge on any atom is -0.311 e. The number of piperidine rings is 2. The van der Waals surface area contributed by atoms with Crippen molar-refractivity contribution in [3.63, 3.8) is 0 Å². The Morgan fingerprint density at radius 1 is 1.11 bits per heavy atom. The highest BCUT2D eigenvalue weighted by Crippen LogP contribution is 2.47. The summed E-state index contributed by atoms with van der Waals surface area (Å²) in [5, 5.41) is 0. The van der Waals surface area contributed by atoms with Crippen LogP contribution >= 0.6 is 0 Å². The minimum atomic E-state index is -0.219. The molecule has 1 aromatic rings. The molecule has 2 fully saturated rings. The van der Waals surface area contributed by atoms with E-state index in [0.29, 0.717) is 19.1 Å². The number of ketones is 1. The Morgan fingerprint density at radius 3 is 2.39 bits per heavy atom. The van der Waals surface area contributed by atoms with Crippen molar-refractivity contribution < 1.29 is 14.0 Å². The Bertz CT molecular complexity index is 765. The average molecular weight is 387 g/mol. The Hall–Kier alpha value is -1.79. The second kappa shape index (κ2) is 7.56. The molecule has 5 nitrogen and oxygen atoms in total. The lowest BCUT2D eigenvalue weighted by Gasteiger charge is -2.45. The second-order valence-electron chi connectivity index (χ2n) is 8.79. The quantitative estimate of drug-likeness (QED) is 0.800. The summed E-state index contributed by atoms with van der Waals surface area (Å²) in [7, 11) is 0. The number of benzene rings is 1. The van der Waals surface area contributed by atoms with Crippen LogP contribution in [0, 0.1) is 5.82 Å². The van der Waals surface area contributed by atoms with Gasteiger partial charge in [-0.15, -0.1) is 0 Å². The van der Waals surface area contributed by atoms with E-state index in [1.807, 2.05) is 4.90 Å². The van der Waals surface area contributed by atoms with Crippen LogP contribution in [0.15, 0.2) is 18.2 Å². The molecule has 28 heavy (non-hydrogen) atoms. The van der Waals surface area contributed by atoms with Crippen LogP contribution in [-0.2, 0) is 15.0 Å². The Morgan fingerprint density at radius 2 is 1.79 bits per heavy atom. The van der Waals surface area contributed by atoms with E-state index in [9.17, 15) is 14.0 Å². The number of carbonyl (C=O) groups excluding carboxylic acids is 2. The fourth-order valence-corrected chi connectivity index (χ4v) is 5.42. The zero-order valence-corrected chi connectivity index (χ0v) is 16.9. The number of halogens is 1. The third-order valence-corrected chi connectivity index (χ3v) is 6.94. The molecule has 0 saturated carbocycles. The lowest BCUT2D eigenvalue weighted by molar-refractivity contribution is -0.118. The van der Waals surface area contributed by atoms with Crippen molar-refractivity contribution in [2.24, 2.45) is 0 Å². The molecule has 1 spiro atoms. The summed E-state index contributed by atoms with van der Waals surface area (Å²) in [6.07, 6.45) is 4.12. The van der Waals surface area contributed by atoms with E-state index < -0.39 is 0 Å². The van der Waals surface area contributed by atoms with Gasteiger partial charge >= 0.3 is 0 Å². The molecule has 1 amide bonds. The largest absolute Gasteiger partial charge is 0.311 e. The second-order valence-corrected chi connectivity index (χ2v) is 8.79. The fraction of sp³-hybridized carbons (Fsp3) is 0.636. The standard InChI is InChI=1S/C22H30FN3O2/c1-16(27)14-24-9-5-19(6-10-24)25-11-7-22(8-12-25)15-26(17(2)28)21-4-3-18(23)13-20(21)22/h3-4,13,19H,5-12,14-15H2,1-2H3. The molecule has 3 aliphatic rings. The minimum absolute atomic E-state index is 0.0324. The van der Waals surface area contributed by atoms with Crippen LogP contribution in [0.3, 0.4) is 0 Å². The van der Waals surface area contributed by atoms with Gasteiger partial charge in [-0.25, -0.2) is 4.39 Å². The highest BCUT2D eigenvalue weighted by molar-refractivity contribution is 5.94. The van der Waals surface area contributed by atoms with Gasteiger partial charge in [-0.3, -0.25) is 14.5 Å². The maximum atomic E-state index is 14.0. The van der Waals surface area contributed by atoms with Gasteiger partial charge in [-0.05, 0) is 69.5 Å². The smallest absolute Gasteiger partial charge is 0.223 e. The van der Waals surface area contributed by atoms with Gasteiger partial charge in [-0.1, -0.05) is 0 Å². The predicted molar refractivity (Wildman–Crippen MR) is 107 cm³/mol. The van der Waals surface area contributed by atoms with Crippen molar-refractivity contribution in [1.82, 2.24) is 9.80 Å². The van der Waals surface area contributed by atoms with Crippen LogP contribution in [0.2, 0.25) is 0 Å². The normalized spacial score (nSPS) is 23.2. The summed E-state index contributed by atoms with van der Waals surface area (Å²) in [5.74, 6) is 0.0503. The van der Waals surface area contributed by atoms with Crippen molar-refractivity contribution >= 4 is 17.4 Å². The molecule has 0 atom stereocenters. The zero-order chi connectivity index (χ0) is 19.9. The number of carbonyl (C=O) groups is 2. The summed E-state index contributed by atoms with van der Waals surface area (Å²) in [6, 6.07) is 5.43. The van der Waals surface area contributed by atoms with E-state index in [1.165, 1.54) is 6.07 Å². The molecular formula is C22H30FN3O2. The van der Waals surface area contributed by atoms with Crippen molar-refractivity contribution in [3.8, 4) is 0 Å². The van der Waals surface area contributed by atoms with Gasteiger partial charge < -0.3 is 9.80 Å². The number of fused-ring (bicyclic) bond motifs is 2. The molecule has 6 heteroatoms. The highest BCUT2D eigenvalue weighted by Gasteiger charge is 2.46. The summed E-state index contributed by atoms with van der Waals surface area (Å²) in [4.78, 5) is 30.1. The number of Topliss-reactive ketones (excluding diaryl/α,β-unsaturated/α-hetero) is 1. The molecule has 1 aromatic carbocycles. The van der Waals surface area contributed by atoms with Gasteiger partial charge in [0, 0.05) is 43.7 Å². The Kier molecular flexibility index (Phi) is 5.27. The van der Waals surface area contributed by atoms with E-state index in [-0.39, 0.29) is 22.9 Å². The van der Waals surface area contributed by atoms with Crippen molar-refractivity contribution in [2.75, 3.05) is 44.2 Å². The number of nitrogens with zero attached hydrogens (tertiary/aromatic N) is 3. The molecular weight excluding hydrogens is 357 g/mol. The first kappa shape index (κ1) is 19.5. The number of likely N-dealkylation sites (tertiary alicyclic amines) is 2. The first-order valence-corrected chi connectivity index (χ1v) is 10.4. The van der Waals surface area contributed by atoms with E-state index in [1.54, 1.807) is 26.0 Å². The molecule has 3 heterocycles. The van der Waals surface area contributed by atoms with E-state index in [2.05, 4.69) is 9.80 Å². The summed E-state index contributed by atoms with van der Waals surface area (Å²) < 4.78 is 14.0. The van der Waals surface area contributed by atoms with Crippen molar-refractivity contribution in [2.45, 2.75) is 51.0 Å². The van der Waals surface area contributed by atoms with E-state index in [0.717, 1.165) is 63.1 Å². The lowest BCUT2D eigenvalue weighted by Crippen LogP contribution is -2.52. The first-order valence-electron chi connectivity index (χ1n) is 10.4. The molecule has 3 aliphatic heterocycles. The third-order valence-electron chi connectivity index (χ3n) is 6.94. The zero-order valence-electron chi connectivity index (χ0n) is 16.9. The third kappa shape index (κ3) is 3.60. The molecule has 4 rings (SSSR count). The molecule has 0 bridgehead atoms. The predicted octanol–water partition coefficient (Wildman–Crippen LogP) is 2.58. The molecule has 0 unspecified atom stereocenters. The van der Waals surface area contributed by atoms with Crippen LogP contribution in [0.4, 0.5) is 10.1 Å². The molecule has 0 aromatic heterocycles. The Labute approximate surface area is 166 Å². The van der Waals surface area contributed by atoms with Crippen molar-refractivity contribution in [3.05, 3.63) is 29.6 Å². The van der Waals surface area contributed by atoms with Gasteiger partial charge in [0.1, 0.15) is 11.6 Å². The SMILES string of the molecule is CC(=O)CN1CCC(N2CCC3(CC2)CN(C(C)=O)c2ccc(F)cc23)CC1. The van der Waals surface area contributed by atoms with Gasteiger partial charge in [0.15, 0.2) is 0 Å². The van der Waals surface area contributed by atoms with E-state index >= 15 is 0 Å². The fourth-order valence-electron chi connectivity index (χ4n) is 5.42. The maximum absolute atomic E-state index is 14.0. The van der Waals surface area contributed by atoms with Gasteiger partial charge in [0.25, 0.3) is 0 Å².